The van der Waals surface area contributed by atoms with E-state index in [0.717, 1.165) is 17.2 Å². The molecule has 1 rings (SSSR count). The summed E-state index contributed by atoms with van der Waals surface area (Å²) in [5.41, 5.74) is -0.159. The van der Waals surface area contributed by atoms with Gasteiger partial charge in [0, 0.05) is 13.2 Å². The molecule has 16 heavy (non-hydrogen) atoms. The van der Waals surface area contributed by atoms with E-state index in [9.17, 15) is 13.6 Å². The number of halogens is 3. The third-order valence-corrected chi connectivity index (χ3v) is 2.18. The van der Waals surface area contributed by atoms with Crippen LogP contribution in [0.5, 0.6) is 0 Å². The fourth-order valence-corrected chi connectivity index (χ4v) is 1.29. The number of hydrogen-bond acceptors (Lipinski definition) is 3. The van der Waals surface area contributed by atoms with Crippen LogP contribution in [-0.2, 0) is 0 Å². The summed E-state index contributed by atoms with van der Waals surface area (Å²) in [5, 5.41) is 8.75. The highest BCUT2D eigenvalue weighted by Crippen LogP contribution is 2.20. The van der Waals surface area contributed by atoms with Crippen LogP contribution < -0.4 is 4.90 Å². The van der Waals surface area contributed by atoms with Crippen LogP contribution in [0.2, 0.25) is 5.02 Å². The van der Waals surface area contributed by atoms with E-state index in [2.05, 4.69) is 4.98 Å². The van der Waals surface area contributed by atoms with E-state index < -0.39 is 18.9 Å². The molecule has 7 heteroatoms. The molecular weight excluding hydrogens is 242 g/mol. The Labute approximate surface area is 95.5 Å². The maximum absolute atomic E-state index is 12.1. The molecule has 0 fully saturated rings. The molecule has 1 aromatic heterocycles. The standard InChI is InChI=1S/C9H9ClF2N2O2/c1-14(4-7(11)12)8-2-5(9(15)16)6(10)3-13-8/h2-3,7H,4H2,1H3,(H,15,16). The van der Waals surface area contributed by atoms with Crippen molar-refractivity contribution < 1.29 is 18.7 Å². The van der Waals surface area contributed by atoms with Crippen LogP contribution in [-0.4, -0.2) is 36.1 Å². The molecule has 4 nitrogen and oxygen atoms in total. The van der Waals surface area contributed by atoms with Crippen molar-refractivity contribution in [2.24, 2.45) is 0 Å². The first-order chi connectivity index (χ1) is 7.41. The lowest BCUT2D eigenvalue weighted by molar-refractivity contribution is 0.0697. The molecule has 0 saturated carbocycles. The minimum absolute atomic E-state index is 0.0262. The second-order valence-electron chi connectivity index (χ2n) is 3.10. The second kappa shape index (κ2) is 5.07. The van der Waals surface area contributed by atoms with Gasteiger partial charge in [-0.3, -0.25) is 0 Å². The number of rotatable bonds is 4. The number of nitrogens with zero attached hydrogens (tertiary/aromatic N) is 2. The normalized spacial score (nSPS) is 10.6. The highest BCUT2D eigenvalue weighted by atomic mass is 35.5. The molecule has 1 N–H and O–H groups in total. The Morgan fingerprint density at radius 2 is 2.31 bits per heavy atom. The van der Waals surface area contributed by atoms with Crippen molar-refractivity contribution in [3.63, 3.8) is 0 Å². The van der Waals surface area contributed by atoms with Crippen molar-refractivity contribution >= 4 is 23.4 Å². The van der Waals surface area contributed by atoms with Gasteiger partial charge in [-0.1, -0.05) is 11.6 Å². The molecular formula is C9H9ClF2N2O2. The molecule has 0 aliphatic rings. The first kappa shape index (κ1) is 12.6. The number of hydrogen-bond donors (Lipinski definition) is 1. The van der Waals surface area contributed by atoms with Crippen LogP contribution in [0.3, 0.4) is 0 Å². The van der Waals surface area contributed by atoms with Gasteiger partial charge in [-0.2, -0.15) is 0 Å². The number of pyridine rings is 1. The maximum atomic E-state index is 12.1. The van der Waals surface area contributed by atoms with Crippen molar-refractivity contribution in [2.75, 3.05) is 18.5 Å². The summed E-state index contributed by atoms with van der Waals surface area (Å²) in [6.45, 7) is -0.520. The van der Waals surface area contributed by atoms with Crippen molar-refractivity contribution in [1.29, 1.82) is 0 Å². The largest absolute Gasteiger partial charge is 0.478 e. The number of carboxylic acid groups (broad SMARTS) is 1. The molecule has 88 valence electrons. The smallest absolute Gasteiger partial charge is 0.337 e. The van der Waals surface area contributed by atoms with Gasteiger partial charge in [0.2, 0.25) is 0 Å². The third-order valence-electron chi connectivity index (χ3n) is 1.87. The molecule has 0 spiro atoms. The van der Waals surface area contributed by atoms with Gasteiger partial charge >= 0.3 is 5.97 Å². The summed E-state index contributed by atoms with van der Waals surface area (Å²) in [6.07, 6.45) is -1.39. The van der Waals surface area contributed by atoms with E-state index in [1.54, 1.807) is 0 Å². The number of aromatic nitrogens is 1. The Bertz CT molecular complexity index is 401. The summed E-state index contributed by atoms with van der Waals surface area (Å²) in [6, 6.07) is 1.16. The summed E-state index contributed by atoms with van der Waals surface area (Å²) in [7, 11) is 1.40. The second-order valence-corrected chi connectivity index (χ2v) is 3.51. The minimum Gasteiger partial charge on any atom is -0.478 e. The van der Waals surface area contributed by atoms with Gasteiger partial charge in [-0.15, -0.1) is 0 Å². The zero-order valence-corrected chi connectivity index (χ0v) is 9.08. The van der Waals surface area contributed by atoms with E-state index in [0.29, 0.717) is 0 Å². The molecule has 0 atom stereocenters. The van der Waals surface area contributed by atoms with Crippen LogP contribution >= 0.6 is 11.6 Å². The van der Waals surface area contributed by atoms with Gasteiger partial charge in [-0.05, 0) is 6.07 Å². The number of carboxylic acids is 1. The molecule has 0 aromatic carbocycles. The first-order valence-electron chi connectivity index (χ1n) is 4.30. The van der Waals surface area contributed by atoms with Crippen molar-refractivity contribution in [3.8, 4) is 0 Å². The Morgan fingerprint density at radius 1 is 1.69 bits per heavy atom. The molecule has 0 bridgehead atoms. The van der Waals surface area contributed by atoms with Crippen LogP contribution in [0.15, 0.2) is 12.3 Å². The summed E-state index contributed by atoms with van der Waals surface area (Å²) >= 11 is 5.59. The number of anilines is 1. The molecule has 0 aliphatic carbocycles. The van der Waals surface area contributed by atoms with E-state index >= 15 is 0 Å². The average Bonchev–Trinajstić information content (AvgIpc) is 2.16. The number of carbonyl (C=O) groups is 1. The van der Waals surface area contributed by atoms with Crippen molar-refractivity contribution in [1.82, 2.24) is 4.98 Å². The van der Waals surface area contributed by atoms with Crippen LogP contribution in [0.25, 0.3) is 0 Å². The topological polar surface area (TPSA) is 53.4 Å². The summed E-state index contributed by atoms with van der Waals surface area (Å²) in [4.78, 5) is 15.7. The maximum Gasteiger partial charge on any atom is 0.337 e. The number of alkyl halides is 2. The molecule has 0 aliphatic heterocycles. The summed E-state index contributed by atoms with van der Waals surface area (Å²) < 4.78 is 24.2. The van der Waals surface area contributed by atoms with Crippen molar-refractivity contribution in [3.05, 3.63) is 22.8 Å². The van der Waals surface area contributed by atoms with Gasteiger partial charge in [0.25, 0.3) is 6.43 Å². The Balaban J connectivity index is 2.98. The fourth-order valence-electron chi connectivity index (χ4n) is 1.10. The van der Waals surface area contributed by atoms with Gasteiger partial charge in [-0.25, -0.2) is 18.6 Å². The molecule has 0 saturated heterocycles. The van der Waals surface area contributed by atoms with E-state index in [1.165, 1.54) is 7.05 Å². The van der Waals surface area contributed by atoms with Crippen LogP contribution in [0, 0.1) is 0 Å². The lowest BCUT2D eigenvalue weighted by atomic mass is 10.2. The molecule has 1 aromatic rings. The minimum atomic E-state index is -2.52. The predicted octanol–water partition coefficient (Wildman–Crippen LogP) is 2.13. The third kappa shape index (κ3) is 3.03. The van der Waals surface area contributed by atoms with Gasteiger partial charge in [0.15, 0.2) is 0 Å². The first-order valence-corrected chi connectivity index (χ1v) is 4.67. The zero-order chi connectivity index (χ0) is 12.3. The average molecular weight is 251 g/mol. The van der Waals surface area contributed by atoms with Crippen molar-refractivity contribution in [2.45, 2.75) is 6.43 Å². The molecule has 0 amide bonds. The quantitative estimate of drug-likeness (QED) is 0.890. The van der Waals surface area contributed by atoms with E-state index in [-0.39, 0.29) is 16.4 Å². The molecule has 1 heterocycles. The van der Waals surface area contributed by atoms with Crippen LogP contribution in [0.1, 0.15) is 10.4 Å². The molecule has 0 radical (unpaired) electrons. The number of aromatic carboxylic acids is 1. The lowest BCUT2D eigenvalue weighted by Gasteiger charge is -2.17. The monoisotopic (exact) mass is 250 g/mol. The lowest BCUT2D eigenvalue weighted by Crippen LogP contribution is -2.25. The summed E-state index contributed by atoms with van der Waals surface area (Å²) in [5.74, 6) is -1.08. The Kier molecular flexibility index (Phi) is 4.00. The highest BCUT2D eigenvalue weighted by molar-refractivity contribution is 6.33. The molecule has 0 unspecified atom stereocenters. The van der Waals surface area contributed by atoms with Gasteiger partial charge in [0.05, 0.1) is 17.1 Å². The Hall–Kier alpha value is -1.43. The van der Waals surface area contributed by atoms with Gasteiger partial charge < -0.3 is 10.0 Å². The SMILES string of the molecule is CN(CC(F)F)c1cc(C(=O)O)c(Cl)cn1. The predicted molar refractivity (Wildman–Crippen MR) is 55.5 cm³/mol. The Morgan fingerprint density at radius 3 is 2.81 bits per heavy atom. The fraction of sp³-hybridized carbons (Fsp3) is 0.333. The zero-order valence-electron chi connectivity index (χ0n) is 8.32. The van der Waals surface area contributed by atoms with Crippen LogP contribution in [0.4, 0.5) is 14.6 Å². The van der Waals surface area contributed by atoms with E-state index in [4.69, 9.17) is 16.7 Å². The van der Waals surface area contributed by atoms with Gasteiger partial charge in [0.1, 0.15) is 5.82 Å². The van der Waals surface area contributed by atoms with E-state index in [1.807, 2.05) is 0 Å². The highest BCUT2D eigenvalue weighted by Gasteiger charge is 2.14.